The van der Waals surface area contributed by atoms with Gasteiger partial charge in [-0.2, -0.15) is 11.3 Å². The largest absolute Gasteiger partial charge is 0.451 e. The molecular weight excluding hydrogens is 246 g/mol. The van der Waals surface area contributed by atoms with E-state index in [0.717, 1.165) is 37.3 Å². The molecule has 2 aromatic rings. The van der Waals surface area contributed by atoms with Crippen LogP contribution >= 0.6 is 11.3 Å². The number of hydrogen-bond donors (Lipinski definition) is 0. The van der Waals surface area contributed by atoms with Crippen molar-refractivity contribution in [2.75, 3.05) is 13.1 Å². The molecular formula is C14H15NO2S. The van der Waals surface area contributed by atoms with Crippen LogP contribution in [-0.4, -0.2) is 23.9 Å². The molecule has 0 unspecified atom stereocenters. The Labute approximate surface area is 110 Å². The van der Waals surface area contributed by atoms with E-state index in [0.29, 0.717) is 5.76 Å². The summed E-state index contributed by atoms with van der Waals surface area (Å²) in [6.45, 7) is 1.71. The molecule has 0 aliphatic carbocycles. The average molecular weight is 261 g/mol. The van der Waals surface area contributed by atoms with Crippen molar-refractivity contribution in [1.82, 2.24) is 4.90 Å². The molecule has 0 aromatic carbocycles. The third kappa shape index (κ3) is 2.20. The van der Waals surface area contributed by atoms with Gasteiger partial charge < -0.3 is 9.32 Å². The molecule has 0 bridgehead atoms. The molecule has 0 spiro atoms. The highest BCUT2D eigenvalue weighted by molar-refractivity contribution is 7.08. The zero-order valence-corrected chi connectivity index (χ0v) is 10.9. The number of piperidine rings is 1. The summed E-state index contributed by atoms with van der Waals surface area (Å²) >= 11 is 1.62. The fraction of sp³-hybridized carbons (Fsp3) is 0.357. The highest BCUT2D eigenvalue weighted by Crippen LogP contribution is 2.25. The SMILES string of the molecule is O=C(c1ccc(-c2ccsc2)o1)N1CCCCC1. The molecule has 3 rings (SSSR count). The van der Waals surface area contributed by atoms with Gasteiger partial charge in [0.15, 0.2) is 5.76 Å². The van der Waals surface area contributed by atoms with Gasteiger partial charge in [0.05, 0.1) is 0 Å². The number of carbonyl (C=O) groups is 1. The minimum atomic E-state index is 0.0242. The third-order valence-electron chi connectivity index (χ3n) is 3.27. The number of likely N-dealkylation sites (tertiary alicyclic amines) is 1. The summed E-state index contributed by atoms with van der Waals surface area (Å²) in [5.41, 5.74) is 1.04. The summed E-state index contributed by atoms with van der Waals surface area (Å²) in [5, 5.41) is 4.03. The summed E-state index contributed by atoms with van der Waals surface area (Å²) in [6, 6.07) is 5.65. The van der Waals surface area contributed by atoms with Crippen LogP contribution in [0.25, 0.3) is 11.3 Å². The first-order chi connectivity index (χ1) is 8.84. The molecule has 1 aliphatic rings. The van der Waals surface area contributed by atoms with E-state index in [9.17, 15) is 4.79 Å². The quantitative estimate of drug-likeness (QED) is 0.827. The zero-order chi connectivity index (χ0) is 12.4. The normalized spacial score (nSPS) is 15.9. The molecule has 0 N–H and O–H groups in total. The van der Waals surface area contributed by atoms with Gasteiger partial charge in [0.1, 0.15) is 5.76 Å². The monoisotopic (exact) mass is 261 g/mol. The van der Waals surface area contributed by atoms with Crippen LogP contribution in [0.3, 0.4) is 0 Å². The van der Waals surface area contributed by atoms with Gasteiger partial charge in [-0.1, -0.05) is 0 Å². The summed E-state index contributed by atoms with van der Waals surface area (Å²) < 4.78 is 5.66. The lowest BCUT2D eigenvalue weighted by Gasteiger charge is -2.25. The van der Waals surface area contributed by atoms with E-state index < -0.39 is 0 Å². The maximum atomic E-state index is 12.2. The Bertz CT molecular complexity index is 524. The van der Waals surface area contributed by atoms with Gasteiger partial charge in [-0.05, 0) is 42.8 Å². The smallest absolute Gasteiger partial charge is 0.289 e. The van der Waals surface area contributed by atoms with Gasteiger partial charge >= 0.3 is 0 Å². The first-order valence-electron chi connectivity index (χ1n) is 6.26. The molecule has 3 heterocycles. The van der Waals surface area contributed by atoms with Crippen molar-refractivity contribution < 1.29 is 9.21 Å². The Kier molecular flexibility index (Phi) is 3.19. The van der Waals surface area contributed by atoms with Gasteiger partial charge in [-0.15, -0.1) is 0 Å². The highest BCUT2D eigenvalue weighted by atomic mass is 32.1. The van der Waals surface area contributed by atoms with Gasteiger partial charge in [-0.3, -0.25) is 4.79 Å². The second kappa shape index (κ2) is 4.98. The molecule has 2 aromatic heterocycles. The van der Waals surface area contributed by atoms with E-state index in [1.54, 1.807) is 17.4 Å². The lowest BCUT2D eigenvalue weighted by molar-refractivity contribution is 0.0693. The van der Waals surface area contributed by atoms with Crippen LogP contribution in [-0.2, 0) is 0 Å². The minimum absolute atomic E-state index is 0.0242. The fourth-order valence-corrected chi connectivity index (χ4v) is 2.91. The van der Waals surface area contributed by atoms with Crippen LogP contribution in [0.5, 0.6) is 0 Å². The standard InChI is InChI=1S/C14H15NO2S/c16-14(15-7-2-1-3-8-15)13-5-4-12(17-13)11-6-9-18-10-11/h4-6,9-10H,1-3,7-8H2. The van der Waals surface area contributed by atoms with E-state index in [4.69, 9.17) is 4.42 Å². The number of carbonyl (C=O) groups excluding carboxylic acids is 1. The number of thiophene rings is 1. The number of hydrogen-bond acceptors (Lipinski definition) is 3. The Hall–Kier alpha value is -1.55. The van der Waals surface area contributed by atoms with E-state index in [1.807, 2.05) is 27.8 Å². The maximum Gasteiger partial charge on any atom is 0.289 e. The van der Waals surface area contributed by atoms with E-state index in [-0.39, 0.29) is 5.91 Å². The van der Waals surface area contributed by atoms with Gasteiger partial charge in [0.2, 0.25) is 0 Å². The van der Waals surface area contributed by atoms with E-state index >= 15 is 0 Å². The molecule has 18 heavy (non-hydrogen) atoms. The van der Waals surface area contributed by atoms with Crippen molar-refractivity contribution in [3.63, 3.8) is 0 Å². The minimum Gasteiger partial charge on any atom is -0.451 e. The second-order valence-corrected chi connectivity index (χ2v) is 5.31. The molecule has 3 nitrogen and oxygen atoms in total. The Morgan fingerprint density at radius 3 is 2.72 bits per heavy atom. The van der Waals surface area contributed by atoms with Crippen molar-refractivity contribution in [3.05, 3.63) is 34.7 Å². The molecule has 1 aliphatic heterocycles. The van der Waals surface area contributed by atoms with Crippen LogP contribution in [0.15, 0.2) is 33.4 Å². The first kappa shape index (κ1) is 11.5. The van der Waals surface area contributed by atoms with Crippen LogP contribution < -0.4 is 0 Å². The lowest BCUT2D eigenvalue weighted by Crippen LogP contribution is -2.35. The van der Waals surface area contributed by atoms with Gasteiger partial charge in [0.25, 0.3) is 5.91 Å². The molecule has 0 atom stereocenters. The predicted molar refractivity (Wildman–Crippen MR) is 71.8 cm³/mol. The van der Waals surface area contributed by atoms with Crippen LogP contribution in [0.4, 0.5) is 0 Å². The second-order valence-electron chi connectivity index (χ2n) is 4.53. The van der Waals surface area contributed by atoms with Gasteiger partial charge in [-0.25, -0.2) is 0 Å². The van der Waals surface area contributed by atoms with E-state index in [2.05, 4.69) is 0 Å². The summed E-state index contributed by atoms with van der Waals surface area (Å²) in [6.07, 6.45) is 3.43. The predicted octanol–water partition coefficient (Wildman–Crippen LogP) is 3.63. The van der Waals surface area contributed by atoms with Crippen molar-refractivity contribution in [1.29, 1.82) is 0 Å². The third-order valence-corrected chi connectivity index (χ3v) is 3.95. The molecule has 4 heteroatoms. The number of rotatable bonds is 2. The zero-order valence-electron chi connectivity index (χ0n) is 10.1. The summed E-state index contributed by atoms with van der Waals surface area (Å²) in [7, 11) is 0. The summed E-state index contributed by atoms with van der Waals surface area (Å²) in [4.78, 5) is 14.1. The molecule has 1 amide bonds. The molecule has 94 valence electrons. The Morgan fingerprint density at radius 1 is 1.17 bits per heavy atom. The topological polar surface area (TPSA) is 33.5 Å². The number of amides is 1. The van der Waals surface area contributed by atoms with Gasteiger partial charge in [0, 0.05) is 24.0 Å². The fourth-order valence-electron chi connectivity index (χ4n) is 2.27. The van der Waals surface area contributed by atoms with Crippen molar-refractivity contribution in [3.8, 4) is 11.3 Å². The van der Waals surface area contributed by atoms with Crippen molar-refractivity contribution in [2.45, 2.75) is 19.3 Å². The number of nitrogens with zero attached hydrogens (tertiary/aromatic N) is 1. The molecule has 0 radical (unpaired) electrons. The Balaban J connectivity index is 1.78. The van der Waals surface area contributed by atoms with Crippen LogP contribution in [0.1, 0.15) is 29.8 Å². The maximum absolute atomic E-state index is 12.2. The lowest BCUT2D eigenvalue weighted by atomic mass is 10.1. The number of furan rings is 1. The molecule has 1 fully saturated rings. The first-order valence-corrected chi connectivity index (χ1v) is 7.20. The van der Waals surface area contributed by atoms with Crippen LogP contribution in [0.2, 0.25) is 0 Å². The van der Waals surface area contributed by atoms with Crippen molar-refractivity contribution in [2.24, 2.45) is 0 Å². The average Bonchev–Trinajstić information content (AvgIpc) is 3.09. The van der Waals surface area contributed by atoms with Crippen LogP contribution in [0, 0.1) is 0 Å². The van der Waals surface area contributed by atoms with E-state index in [1.165, 1.54) is 6.42 Å². The molecule has 0 saturated carbocycles. The Morgan fingerprint density at radius 2 is 2.00 bits per heavy atom. The molecule has 1 saturated heterocycles. The summed E-state index contributed by atoms with van der Waals surface area (Å²) in [5.74, 6) is 1.26. The highest BCUT2D eigenvalue weighted by Gasteiger charge is 2.21. The van der Waals surface area contributed by atoms with Crippen molar-refractivity contribution >= 4 is 17.2 Å².